The van der Waals surface area contributed by atoms with Crippen LogP contribution >= 0.6 is 0 Å². The lowest BCUT2D eigenvalue weighted by atomic mass is 9.84. The maximum Gasteiger partial charge on any atom is 0.254 e. The van der Waals surface area contributed by atoms with E-state index in [9.17, 15) is 4.79 Å². The number of rotatable bonds is 4. The average Bonchev–Trinajstić information content (AvgIpc) is 2.38. The Morgan fingerprint density at radius 3 is 2.82 bits per heavy atom. The predicted molar refractivity (Wildman–Crippen MR) is 68.1 cm³/mol. The summed E-state index contributed by atoms with van der Waals surface area (Å²) in [7, 11) is 0. The van der Waals surface area contributed by atoms with Crippen LogP contribution in [0.5, 0.6) is 0 Å². The number of aromatic nitrogens is 2. The number of nitrogens with one attached hydrogen (secondary N) is 1. The molecule has 1 aromatic rings. The molecule has 0 aromatic carbocycles. The van der Waals surface area contributed by atoms with Crippen LogP contribution in [-0.2, 0) is 6.42 Å². The van der Waals surface area contributed by atoms with Gasteiger partial charge in [-0.05, 0) is 32.2 Å². The van der Waals surface area contributed by atoms with Gasteiger partial charge in [0.2, 0.25) is 0 Å². The van der Waals surface area contributed by atoms with E-state index in [1.807, 2.05) is 0 Å². The summed E-state index contributed by atoms with van der Waals surface area (Å²) in [6.45, 7) is 0.623. The Balaban J connectivity index is 2.24. The van der Waals surface area contributed by atoms with Gasteiger partial charge in [0.25, 0.3) is 5.56 Å². The molecule has 0 amide bonds. The van der Waals surface area contributed by atoms with Crippen molar-refractivity contribution < 1.29 is 0 Å². The molecule has 0 atom stereocenters. The second-order valence-electron chi connectivity index (χ2n) is 4.82. The van der Waals surface area contributed by atoms with Gasteiger partial charge in [-0.2, -0.15) is 0 Å². The molecule has 3 N–H and O–H groups in total. The molecule has 0 bridgehead atoms. The summed E-state index contributed by atoms with van der Waals surface area (Å²) in [5, 5.41) is 0. The zero-order valence-corrected chi connectivity index (χ0v) is 10.2. The minimum absolute atomic E-state index is 0.0222. The van der Waals surface area contributed by atoms with Crippen molar-refractivity contribution in [2.24, 2.45) is 5.73 Å². The first-order chi connectivity index (χ1) is 8.33. The summed E-state index contributed by atoms with van der Waals surface area (Å²) in [4.78, 5) is 19.0. The Labute approximate surface area is 102 Å². The first-order valence-corrected chi connectivity index (χ1v) is 6.59. The van der Waals surface area contributed by atoms with E-state index in [0.29, 0.717) is 12.5 Å². The van der Waals surface area contributed by atoms with Crippen LogP contribution in [0.2, 0.25) is 0 Å². The van der Waals surface area contributed by atoms with Gasteiger partial charge in [-0.15, -0.1) is 0 Å². The van der Waals surface area contributed by atoms with Gasteiger partial charge in [0, 0.05) is 11.5 Å². The number of nitrogens with two attached hydrogens (primary N) is 1. The van der Waals surface area contributed by atoms with E-state index >= 15 is 0 Å². The maximum atomic E-state index is 11.9. The van der Waals surface area contributed by atoms with Crippen LogP contribution in [0.25, 0.3) is 0 Å². The van der Waals surface area contributed by atoms with E-state index in [1.54, 1.807) is 0 Å². The molecule has 94 valence electrons. The number of hydrogen-bond donors (Lipinski definition) is 2. The van der Waals surface area contributed by atoms with Crippen molar-refractivity contribution >= 4 is 0 Å². The first kappa shape index (κ1) is 12.3. The third-order valence-electron chi connectivity index (χ3n) is 3.61. The van der Waals surface area contributed by atoms with Crippen molar-refractivity contribution in [3.63, 3.8) is 0 Å². The largest absolute Gasteiger partial charge is 0.330 e. The second-order valence-corrected chi connectivity index (χ2v) is 4.82. The zero-order valence-electron chi connectivity index (χ0n) is 10.2. The van der Waals surface area contributed by atoms with Crippen molar-refractivity contribution in [3.8, 4) is 0 Å². The average molecular weight is 235 g/mol. The fourth-order valence-electron chi connectivity index (χ4n) is 2.69. The van der Waals surface area contributed by atoms with Gasteiger partial charge in [0.15, 0.2) is 0 Å². The quantitative estimate of drug-likeness (QED) is 0.834. The lowest BCUT2D eigenvalue weighted by Gasteiger charge is -2.22. The molecule has 17 heavy (non-hydrogen) atoms. The fourth-order valence-corrected chi connectivity index (χ4v) is 2.69. The summed E-state index contributed by atoms with van der Waals surface area (Å²) >= 11 is 0. The smallest absolute Gasteiger partial charge is 0.254 e. The monoisotopic (exact) mass is 235 g/mol. The van der Waals surface area contributed by atoms with Gasteiger partial charge in [-0.1, -0.05) is 19.3 Å². The van der Waals surface area contributed by atoms with Crippen LogP contribution in [0.3, 0.4) is 0 Å². The minimum atomic E-state index is 0.0222. The summed E-state index contributed by atoms with van der Waals surface area (Å²) in [6.07, 6.45) is 9.33. The fraction of sp³-hybridized carbons (Fsp3) is 0.692. The van der Waals surface area contributed by atoms with Crippen molar-refractivity contribution in [1.29, 1.82) is 0 Å². The van der Waals surface area contributed by atoms with E-state index in [1.165, 1.54) is 38.4 Å². The van der Waals surface area contributed by atoms with Crippen LogP contribution in [0, 0.1) is 0 Å². The normalized spacial score (nSPS) is 17.2. The summed E-state index contributed by atoms with van der Waals surface area (Å²) < 4.78 is 0. The molecule has 4 nitrogen and oxygen atoms in total. The molecule has 0 saturated heterocycles. The topological polar surface area (TPSA) is 71.8 Å². The first-order valence-electron chi connectivity index (χ1n) is 6.59. The summed E-state index contributed by atoms with van der Waals surface area (Å²) in [5.74, 6) is 0.485. The third kappa shape index (κ3) is 2.94. The standard InChI is InChI=1S/C13H21N3O/c14-8-4-7-11-12(15-9-16-13(11)17)10-5-2-1-3-6-10/h9-10H,1-8,14H2,(H,15,16,17). The van der Waals surface area contributed by atoms with Gasteiger partial charge in [0.1, 0.15) is 0 Å². The van der Waals surface area contributed by atoms with Crippen molar-refractivity contribution in [3.05, 3.63) is 27.9 Å². The van der Waals surface area contributed by atoms with Gasteiger partial charge in [-0.3, -0.25) is 4.79 Å². The number of hydrogen-bond acceptors (Lipinski definition) is 3. The molecule has 1 saturated carbocycles. The van der Waals surface area contributed by atoms with Gasteiger partial charge >= 0.3 is 0 Å². The Morgan fingerprint density at radius 2 is 2.12 bits per heavy atom. The van der Waals surface area contributed by atoms with E-state index in [0.717, 1.165) is 24.1 Å². The molecule has 0 spiro atoms. The van der Waals surface area contributed by atoms with E-state index in [2.05, 4.69) is 9.97 Å². The molecule has 1 heterocycles. The highest BCUT2D eigenvalue weighted by Gasteiger charge is 2.21. The van der Waals surface area contributed by atoms with E-state index < -0.39 is 0 Å². The molecule has 4 heteroatoms. The van der Waals surface area contributed by atoms with Gasteiger partial charge in [0.05, 0.1) is 12.0 Å². The molecule has 1 aliphatic rings. The third-order valence-corrected chi connectivity index (χ3v) is 3.61. The van der Waals surface area contributed by atoms with Crippen LogP contribution in [0.15, 0.2) is 11.1 Å². The lowest BCUT2D eigenvalue weighted by molar-refractivity contribution is 0.433. The van der Waals surface area contributed by atoms with E-state index in [-0.39, 0.29) is 5.56 Å². The minimum Gasteiger partial charge on any atom is -0.330 e. The molecule has 0 aliphatic heterocycles. The summed E-state index contributed by atoms with van der Waals surface area (Å²) in [5.41, 5.74) is 7.44. The van der Waals surface area contributed by atoms with Crippen molar-refractivity contribution in [2.75, 3.05) is 6.54 Å². The Kier molecular flexibility index (Phi) is 4.31. The number of nitrogens with zero attached hydrogens (tertiary/aromatic N) is 1. The van der Waals surface area contributed by atoms with Gasteiger partial charge in [-0.25, -0.2) is 4.98 Å². The number of aromatic amines is 1. The number of H-pyrrole nitrogens is 1. The Morgan fingerprint density at radius 1 is 1.35 bits per heavy atom. The maximum absolute atomic E-state index is 11.9. The molecule has 1 aromatic heterocycles. The van der Waals surface area contributed by atoms with Crippen LogP contribution in [-0.4, -0.2) is 16.5 Å². The highest BCUT2D eigenvalue weighted by molar-refractivity contribution is 5.21. The molecule has 0 radical (unpaired) electrons. The summed E-state index contributed by atoms with van der Waals surface area (Å²) in [6, 6.07) is 0. The Bertz CT molecular complexity index is 407. The van der Waals surface area contributed by atoms with Crippen molar-refractivity contribution in [1.82, 2.24) is 9.97 Å². The lowest BCUT2D eigenvalue weighted by Crippen LogP contribution is -2.21. The molecular formula is C13H21N3O. The SMILES string of the molecule is NCCCc1c(C2CCCCC2)nc[nH]c1=O. The molecule has 1 aliphatic carbocycles. The van der Waals surface area contributed by atoms with Crippen LogP contribution < -0.4 is 11.3 Å². The predicted octanol–water partition coefficient (Wildman–Crippen LogP) is 1.71. The second kappa shape index (κ2) is 5.96. The molecule has 2 rings (SSSR count). The van der Waals surface area contributed by atoms with Crippen molar-refractivity contribution in [2.45, 2.75) is 50.9 Å². The highest BCUT2D eigenvalue weighted by Crippen LogP contribution is 2.32. The molecule has 0 unspecified atom stereocenters. The molecule has 1 fully saturated rings. The zero-order chi connectivity index (χ0) is 12.1. The highest BCUT2D eigenvalue weighted by atomic mass is 16.1. The Hall–Kier alpha value is -1.16. The molecular weight excluding hydrogens is 214 g/mol. The van der Waals surface area contributed by atoms with E-state index in [4.69, 9.17) is 5.73 Å². The van der Waals surface area contributed by atoms with Crippen LogP contribution in [0.4, 0.5) is 0 Å². The van der Waals surface area contributed by atoms with Gasteiger partial charge < -0.3 is 10.7 Å². The van der Waals surface area contributed by atoms with Crippen LogP contribution in [0.1, 0.15) is 55.7 Å².